The summed E-state index contributed by atoms with van der Waals surface area (Å²) in [6.07, 6.45) is 5.65. The molecule has 2 aromatic rings. The average molecular weight is 241 g/mol. The van der Waals surface area contributed by atoms with Gasteiger partial charge in [0.15, 0.2) is 0 Å². The van der Waals surface area contributed by atoms with Gasteiger partial charge in [0.05, 0.1) is 11.7 Å². The lowest BCUT2D eigenvalue weighted by Crippen LogP contribution is -2.21. The molecule has 3 nitrogen and oxygen atoms in total. The van der Waals surface area contributed by atoms with Crippen LogP contribution in [0.15, 0.2) is 30.7 Å². The van der Waals surface area contributed by atoms with Gasteiger partial charge in [0.1, 0.15) is 0 Å². The highest BCUT2D eigenvalue weighted by Gasteiger charge is 2.17. The monoisotopic (exact) mass is 241 g/mol. The lowest BCUT2D eigenvalue weighted by molar-refractivity contribution is 0.659. The van der Waals surface area contributed by atoms with Crippen molar-refractivity contribution in [2.24, 2.45) is 0 Å². The molecule has 0 aliphatic rings. The van der Waals surface area contributed by atoms with E-state index in [1.165, 1.54) is 22.3 Å². The number of pyridine rings is 2. The fourth-order valence-corrected chi connectivity index (χ4v) is 2.25. The fraction of sp³-hybridized carbons (Fsp3) is 0.333. The van der Waals surface area contributed by atoms with Crippen LogP contribution in [0.25, 0.3) is 0 Å². The Morgan fingerprint density at radius 2 is 1.89 bits per heavy atom. The van der Waals surface area contributed by atoms with Crippen molar-refractivity contribution < 1.29 is 0 Å². The summed E-state index contributed by atoms with van der Waals surface area (Å²) in [6.45, 7) is 6.27. The number of hydrogen-bond acceptors (Lipinski definition) is 3. The number of aryl methyl sites for hydroxylation is 3. The molecule has 0 amide bonds. The molecule has 0 radical (unpaired) electrons. The van der Waals surface area contributed by atoms with Crippen LogP contribution in [-0.2, 0) is 0 Å². The Hall–Kier alpha value is -1.74. The molecular formula is C15H19N3. The molecule has 2 heterocycles. The summed E-state index contributed by atoms with van der Waals surface area (Å²) >= 11 is 0. The first-order chi connectivity index (χ1) is 8.63. The molecule has 3 heteroatoms. The Morgan fingerprint density at radius 1 is 1.11 bits per heavy atom. The van der Waals surface area contributed by atoms with Crippen molar-refractivity contribution in [2.45, 2.75) is 26.8 Å². The summed E-state index contributed by atoms with van der Waals surface area (Å²) in [5.74, 6) is 0. The van der Waals surface area contributed by atoms with Crippen LogP contribution in [0.4, 0.5) is 0 Å². The van der Waals surface area contributed by atoms with Gasteiger partial charge in [-0.25, -0.2) is 0 Å². The van der Waals surface area contributed by atoms with E-state index in [4.69, 9.17) is 0 Å². The molecule has 0 aliphatic carbocycles. The number of hydrogen-bond donors (Lipinski definition) is 1. The zero-order valence-corrected chi connectivity index (χ0v) is 11.4. The van der Waals surface area contributed by atoms with E-state index < -0.39 is 0 Å². The zero-order chi connectivity index (χ0) is 13.1. The standard InChI is InChI=1S/C15H19N3/c1-10-7-12(3)14(18-8-10)15(16-4)13-9-17-6-5-11(13)2/h5-9,15-16H,1-4H3. The van der Waals surface area contributed by atoms with Crippen molar-refractivity contribution in [3.63, 3.8) is 0 Å². The summed E-state index contributed by atoms with van der Waals surface area (Å²) in [5.41, 5.74) is 5.87. The SMILES string of the molecule is CNC(c1cnccc1C)c1ncc(C)cc1C. The van der Waals surface area contributed by atoms with E-state index in [1.807, 2.05) is 31.7 Å². The molecule has 0 saturated carbocycles. The van der Waals surface area contributed by atoms with Crippen LogP contribution in [-0.4, -0.2) is 17.0 Å². The minimum absolute atomic E-state index is 0.0966. The van der Waals surface area contributed by atoms with E-state index in [9.17, 15) is 0 Å². The highest BCUT2D eigenvalue weighted by Crippen LogP contribution is 2.24. The number of aromatic nitrogens is 2. The maximum atomic E-state index is 4.58. The summed E-state index contributed by atoms with van der Waals surface area (Å²) in [6, 6.07) is 4.29. The molecule has 0 saturated heterocycles. The highest BCUT2D eigenvalue weighted by atomic mass is 14.9. The van der Waals surface area contributed by atoms with Crippen molar-refractivity contribution in [1.29, 1.82) is 0 Å². The lowest BCUT2D eigenvalue weighted by Gasteiger charge is -2.19. The molecule has 0 fully saturated rings. The average Bonchev–Trinajstić information content (AvgIpc) is 2.34. The van der Waals surface area contributed by atoms with Crippen LogP contribution in [0.3, 0.4) is 0 Å². The summed E-state index contributed by atoms with van der Waals surface area (Å²) < 4.78 is 0. The second-order valence-corrected chi connectivity index (χ2v) is 4.67. The van der Waals surface area contributed by atoms with Gasteiger partial charge in [-0.05, 0) is 56.1 Å². The second-order valence-electron chi connectivity index (χ2n) is 4.67. The van der Waals surface area contributed by atoms with E-state index in [1.54, 1.807) is 0 Å². The molecule has 1 atom stereocenters. The summed E-state index contributed by atoms with van der Waals surface area (Å²) in [7, 11) is 1.96. The molecule has 94 valence electrons. The topological polar surface area (TPSA) is 37.8 Å². The first-order valence-corrected chi connectivity index (χ1v) is 6.14. The maximum absolute atomic E-state index is 4.58. The quantitative estimate of drug-likeness (QED) is 0.897. The third kappa shape index (κ3) is 2.41. The molecule has 18 heavy (non-hydrogen) atoms. The van der Waals surface area contributed by atoms with E-state index in [-0.39, 0.29) is 6.04 Å². The molecule has 1 N–H and O–H groups in total. The van der Waals surface area contributed by atoms with Crippen LogP contribution in [0.1, 0.15) is 34.0 Å². The van der Waals surface area contributed by atoms with E-state index in [0.29, 0.717) is 0 Å². The minimum atomic E-state index is 0.0966. The van der Waals surface area contributed by atoms with Crippen molar-refractivity contribution in [2.75, 3.05) is 7.05 Å². The lowest BCUT2D eigenvalue weighted by atomic mass is 9.97. The molecule has 0 spiro atoms. The van der Waals surface area contributed by atoms with E-state index >= 15 is 0 Å². The third-order valence-corrected chi connectivity index (χ3v) is 3.21. The van der Waals surface area contributed by atoms with Gasteiger partial charge in [-0.1, -0.05) is 6.07 Å². The Labute approximate surface area is 108 Å². The molecule has 2 aromatic heterocycles. The normalized spacial score (nSPS) is 12.4. The van der Waals surface area contributed by atoms with Gasteiger partial charge in [0, 0.05) is 18.6 Å². The Kier molecular flexibility index (Phi) is 3.72. The van der Waals surface area contributed by atoms with Gasteiger partial charge < -0.3 is 5.32 Å². The predicted molar refractivity (Wildman–Crippen MR) is 73.6 cm³/mol. The Morgan fingerprint density at radius 3 is 2.50 bits per heavy atom. The third-order valence-electron chi connectivity index (χ3n) is 3.21. The predicted octanol–water partition coefficient (Wildman–Crippen LogP) is 2.71. The fourth-order valence-electron chi connectivity index (χ4n) is 2.25. The van der Waals surface area contributed by atoms with E-state index in [0.717, 1.165) is 5.69 Å². The molecular weight excluding hydrogens is 222 g/mol. The largest absolute Gasteiger partial charge is 0.308 e. The molecule has 0 bridgehead atoms. The molecule has 1 unspecified atom stereocenters. The number of rotatable bonds is 3. The smallest absolute Gasteiger partial charge is 0.0769 e. The minimum Gasteiger partial charge on any atom is -0.308 e. The van der Waals surface area contributed by atoms with Crippen LogP contribution in [0.2, 0.25) is 0 Å². The Bertz CT molecular complexity index is 549. The van der Waals surface area contributed by atoms with E-state index in [2.05, 4.69) is 42.1 Å². The molecule has 2 rings (SSSR count). The van der Waals surface area contributed by atoms with Gasteiger partial charge in [-0.2, -0.15) is 0 Å². The van der Waals surface area contributed by atoms with Crippen LogP contribution >= 0.6 is 0 Å². The van der Waals surface area contributed by atoms with Crippen molar-refractivity contribution in [1.82, 2.24) is 15.3 Å². The van der Waals surface area contributed by atoms with Crippen LogP contribution in [0, 0.1) is 20.8 Å². The Balaban J connectivity index is 2.49. The number of nitrogens with zero attached hydrogens (tertiary/aromatic N) is 2. The van der Waals surface area contributed by atoms with Gasteiger partial charge in [0.25, 0.3) is 0 Å². The summed E-state index contributed by atoms with van der Waals surface area (Å²) in [4.78, 5) is 8.80. The van der Waals surface area contributed by atoms with Crippen LogP contribution in [0.5, 0.6) is 0 Å². The first-order valence-electron chi connectivity index (χ1n) is 6.14. The van der Waals surface area contributed by atoms with Gasteiger partial charge in [-0.15, -0.1) is 0 Å². The second kappa shape index (κ2) is 5.27. The number of nitrogens with one attached hydrogen (secondary N) is 1. The van der Waals surface area contributed by atoms with Crippen molar-refractivity contribution in [3.8, 4) is 0 Å². The maximum Gasteiger partial charge on any atom is 0.0769 e. The van der Waals surface area contributed by atoms with Crippen molar-refractivity contribution >= 4 is 0 Å². The van der Waals surface area contributed by atoms with Crippen LogP contribution < -0.4 is 5.32 Å². The molecule has 0 aromatic carbocycles. The zero-order valence-electron chi connectivity index (χ0n) is 11.4. The van der Waals surface area contributed by atoms with Gasteiger partial charge in [-0.3, -0.25) is 9.97 Å². The molecule has 0 aliphatic heterocycles. The summed E-state index contributed by atoms with van der Waals surface area (Å²) in [5, 5.41) is 3.33. The first kappa shape index (κ1) is 12.7. The van der Waals surface area contributed by atoms with Crippen molar-refractivity contribution in [3.05, 3.63) is 58.7 Å². The van der Waals surface area contributed by atoms with Gasteiger partial charge in [0.2, 0.25) is 0 Å². The van der Waals surface area contributed by atoms with Gasteiger partial charge >= 0.3 is 0 Å². The highest BCUT2D eigenvalue weighted by molar-refractivity contribution is 5.36.